The number of carbonyl (C=O) groups excluding carboxylic acids is 1. The van der Waals surface area contributed by atoms with Gasteiger partial charge in [-0.05, 0) is 30.5 Å². The lowest BCUT2D eigenvalue weighted by Crippen LogP contribution is -2.48. The molecule has 2 aromatic rings. The lowest BCUT2D eigenvalue weighted by molar-refractivity contribution is -0.0490. The van der Waals surface area contributed by atoms with Crippen molar-refractivity contribution >= 4 is 5.97 Å². The molecule has 1 saturated heterocycles. The van der Waals surface area contributed by atoms with E-state index in [9.17, 15) is 9.59 Å². The number of carbonyl (C=O) groups is 1. The molecule has 7 heteroatoms. The van der Waals surface area contributed by atoms with Crippen molar-refractivity contribution < 1.29 is 19.0 Å². The van der Waals surface area contributed by atoms with Crippen LogP contribution < -0.4 is 15.0 Å². The van der Waals surface area contributed by atoms with Crippen LogP contribution in [-0.4, -0.2) is 42.7 Å². The summed E-state index contributed by atoms with van der Waals surface area (Å²) < 4.78 is 18.4. The number of benzene rings is 1. The summed E-state index contributed by atoms with van der Waals surface area (Å²) in [6.45, 7) is 2.23. The smallest absolute Gasteiger partial charge is 0.344 e. The minimum absolute atomic E-state index is 0.0649. The summed E-state index contributed by atoms with van der Waals surface area (Å²) >= 11 is 0. The molecule has 1 aromatic heterocycles. The Morgan fingerprint density at radius 3 is 2.68 bits per heavy atom. The number of ether oxygens (including phenoxy) is 3. The summed E-state index contributed by atoms with van der Waals surface area (Å²) in [6.07, 6.45) is 0.619. The lowest BCUT2D eigenvalue weighted by Gasteiger charge is -2.44. The number of methoxy groups -OCH3 is 2. The van der Waals surface area contributed by atoms with Crippen LogP contribution >= 0.6 is 0 Å². The normalized spacial score (nSPS) is 25.6. The highest BCUT2D eigenvalue weighted by atomic mass is 16.6. The van der Waals surface area contributed by atoms with E-state index in [1.54, 1.807) is 13.2 Å². The molecular formula is C21H22N2O5. The summed E-state index contributed by atoms with van der Waals surface area (Å²) in [5.74, 6) is 1.16. The van der Waals surface area contributed by atoms with E-state index in [1.165, 1.54) is 7.11 Å². The van der Waals surface area contributed by atoms with E-state index >= 15 is 0 Å². The van der Waals surface area contributed by atoms with E-state index in [1.807, 2.05) is 28.8 Å². The van der Waals surface area contributed by atoms with Crippen molar-refractivity contribution in [2.75, 3.05) is 27.3 Å². The Kier molecular flexibility index (Phi) is 3.94. The Labute approximate surface area is 162 Å². The molecule has 0 saturated carbocycles. The molecule has 0 spiro atoms. The van der Waals surface area contributed by atoms with Gasteiger partial charge in [0.15, 0.2) is 17.7 Å². The number of hydrogen-bond donors (Lipinski definition) is 0. The molecule has 28 heavy (non-hydrogen) atoms. The summed E-state index contributed by atoms with van der Waals surface area (Å²) in [5, 5.41) is 0. The van der Waals surface area contributed by atoms with Crippen LogP contribution in [0.4, 0.5) is 0 Å². The van der Waals surface area contributed by atoms with Gasteiger partial charge in [-0.1, -0.05) is 6.07 Å². The van der Waals surface area contributed by atoms with Crippen molar-refractivity contribution in [1.82, 2.24) is 9.47 Å². The first kappa shape index (κ1) is 17.3. The fourth-order valence-electron chi connectivity index (χ4n) is 4.98. The summed E-state index contributed by atoms with van der Waals surface area (Å²) in [7, 11) is 3.08. The first-order chi connectivity index (χ1) is 13.6. The molecule has 0 unspecified atom stereocenters. The Bertz CT molecular complexity index is 1010. The fourth-order valence-corrected chi connectivity index (χ4v) is 4.98. The number of likely N-dealkylation sites (tertiary alicyclic amines) is 1. The van der Waals surface area contributed by atoms with Crippen LogP contribution in [0.2, 0.25) is 0 Å². The monoisotopic (exact) mass is 382 g/mol. The van der Waals surface area contributed by atoms with Gasteiger partial charge >= 0.3 is 5.97 Å². The summed E-state index contributed by atoms with van der Waals surface area (Å²) in [6, 6.07) is 9.18. The zero-order chi connectivity index (χ0) is 19.4. The average Bonchev–Trinajstić information content (AvgIpc) is 3.05. The number of esters is 1. The second-order valence-electron chi connectivity index (χ2n) is 7.68. The van der Waals surface area contributed by atoms with Crippen LogP contribution in [0.3, 0.4) is 0 Å². The maximum atomic E-state index is 12.6. The van der Waals surface area contributed by atoms with E-state index < -0.39 is 6.23 Å². The van der Waals surface area contributed by atoms with Gasteiger partial charge in [-0.15, -0.1) is 0 Å². The lowest BCUT2D eigenvalue weighted by atomic mass is 9.83. The van der Waals surface area contributed by atoms with E-state index in [0.717, 1.165) is 30.8 Å². The minimum atomic E-state index is -0.436. The van der Waals surface area contributed by atoms with Crippen molar-refractivity contribution in [1.29, 1.82) is 0 Å². The largest absolute Gasteiger partial charge is 0.493 e. The maximum absolute atomic E-state index is 12.6. The molecule has 7 nitrogen and oxygen atoms in total. The van der Waals surface area contributed by atoms with Crippen LogP contribution in [0.15, 0.2) is 35.1 Å². The Morgan fingerprint density at radius 1 is 1.04 bits per heavy atom. The Morgan fingerprint density at radius 2 is 1.89 bits per heavy atom. The molecule has 0 N–H and O–H groups in total. The van der Waals surface area contributed by atoms with Crippen molar-refractivity contribution in [3.8, 4) is 11.5 Å². The quantitative estimate of drug-likeness (QED) is 0.758. The van der Waals surface area contributed by atoms with E-state index in [0.29, 0.717) is 29.5 Å². The van der Waals surface area contributed by atoms with E-state index in [-0.39, 0.29) is 17.4 Å². The summed E-state index contributed by atoms with van der Waals surface area (Å²) in [5.41, 5.74) is 2.40. The molecule has 3 aliphatic rings. The third-order valence-corrected chi connectivity index (χ3v) is 6.11. The molecule has 0 aliphatic carbocycles. The molecular weight excluding hydrogens is 360 g/mol. The van der Waals surface area contributed by atoms with Crippen LogP contribution in [0.5, 0.6) is 11.5 Å². The molecule has 146 valence electrons. The second kappa shape index (κ2) is 6.38. The first-order valence-electron chi connectivity index (χ1n) is 9.50. The number of rotatable bonds is 3. The van der Waals surface area contributed by atoms with Gasteiger partial charge in [0.1, 0.15) is 5.56 Å². The highest BCUT2D eigenvalue weighted by Gasteiger charge is 2.43. The number of nitrogens with zero attached hydrogens (tertiary/aromatic N) is 2. The standard InChI is InChI=1S/C21H22N2O5/c1-26-16-7-6-14-18(19(16)27-2)21(25)28-20(14)22-9-12-8-13(11-22)15-4-3-5-17(24)23(15)10-12/h3-7,12-13,20H,8-11H2,1-2H3/t12-,13+,20+/m0/s1. The van der Waals surface area contributed by atoms with Gasteiger partial charge in [0.25, 0.3) is 5.56 Å². The van der Waals surface area contributed by atoms with Gasteiger partial charge in [-0.2, -0.15) is 0 Å². The Hall–Kier alpha value is -2.80. The fraction of sp³-hybridized carbons (Fsp3) is 0.429. The van der Waals surface area contributed by atoms with Crippen LogP contribution in [-0.2, 0) is 11.3 Å². The zero-order valence-electron chi connectivity index (χ0n) is 15.9. The van der Waals surface area contributed by atoms with Gasteiger partial charge in [0, 0.05) is 42.9 Å². The van der Waals surface area contributed by atoms with Crippen molar-refractivity contribution in [3.63, 3.8) is 0 Å². The van der Waals surface area contributed by atoms with Crippen LogP contribution in [0.1, 0.15) is 40.2 Å². The predicted octanol–water partition coefficient (Wildman–Crippen LogP) is 2.15. The van der Waals surface area contributed by atoms with Gasteiger partial charge in [-0.3, -0.25) is 9.69 Å². The molecule has 2 bridgehead atoms. The Balaban J connectivity index is 1.50. The molecule has 1 aromatic carbocycles. The number of cyclic esters (lactones) is 1. The van der Waals surface area contributed by atoms with Gasteiger partial charge in [0.2, 0.25) is 0 Å². The first-order valence-corrected chi connectivity index (χ1v) is 9.50. The van der Waals surface area contributed by atoms with Crippen LogP contribution in [0, 0.1) is 5.92 Å². The molecule has 0 radical (unpaired) electrons. The number of aromatic nitrogens is 1. The molecule has 0 amide bonds. The van der Waals surface area contributed by atoms with E-state index in [4.69, 9.17) is 14.2 Å². The predicted molar refractivity (Wildman–Crippen MR) is 101 cm³/mol. The maximum Gasteiger partial charge on any atom is 0.344 e. The van der Waals surface area contributed by atoms with Crippen molar-refractivity contribution in [3.05, 3.63) is 57.5 Å². The zero-order valence-corrected chi connectivity index (χ0v) is 15.9. The minimum Gasteiger partial charge on any atom is -0.493 e. The van der Waals surface area contributed by atoms with Gasteiger partial charge in [0.05, 0.1) is 14.2 Å². The highest BCUT2D eigenvalue weighted by molar-refractivity contribution is 5.98. The number of pyridine rings is 1. The van der Waals surface area contributed by atoms with Crippen molar-refractivity contribution in [2.24, 2.45) is 5.92 Å². The number of fused-ring (bicyclic) bond motifs is 5. The number of piperidine rings is 1. The topological polar surface area (TPSA) is 70.0 Å². The molecule has 3 atom stereocenters. The van der Waals surface area contributed by atoms with Gasteiger partial charge < -0.3 is 18.8 Å². The highest BCUT2D eigenvalue weighted by Crippen LogP contribution is 2.46. The molecule has 5 rings (SSSR count). The second-order valence-corrected chi connectivity index (χ2v) is 7.68. The SMILES string of the molecule is COc1ccc2c(c1OC)C(=O)O[C@H]2N1C[C@@H]2C[C@H](C1)c1cccc(=O)n1C2. The molecule has 4 heterocycles. The van der Waals surface area contributed by atoms with E-state index in [2.05, 4.69) is 4.90 Å². The summed E-state index contributed by atoms with van der Waals surface area (Å²) in [4.78, 5) is 27.1. The van der Waals surface area contributed by atoms with Crippen LogP contribution in [0.25, 0.3) is 0 Å². The van der Waals surface area contributed by atoms with Crippen molar-refractivity contribution in [2.45, 2.75) is 25.1 Å². The third-order valence-electron chi connectivity index (χ3n) is 6.11. The average molecular weight is 382 g/mol. The molecule has 1 fully saturated rings. The number of hydrogen-bond acceptors (Lipinski definition) is 6. The molecule has 3 aliphatic heterocycles. The third kappa shape index (κ3) is 2.46. The van der Waals surface area contributed by atoms with Gasteiger partial charge in [-0.25, -0.2) is 4.79 Å².